The Hall–Kier alpha value is -2.12. The smallest absolute Gasteiger partial charge is 0.332 e. The zero-order valence-corrected chi connectivity index (χ0v) is 13.2. The van der Waals surface area contributed by atoms with Crippen molar-refractivity contribution in [1.82, 2.24) is 5.32 Å². The van der Waals surface area contributed by atoms with Crippen molar-refractivity contribution in [2.24, 2.45) is 0 Å². The summed E-state index contributed by atoms with van der Waals surface area (Å²) in [6, 6.07) is 11.0. The Balaban J connectivity index is 0.000000690. The van der Waals surface area contributed by atoms with Gasteiger partial charge in [-0.15, -0.1) is 0 Å². The minimum absolute atomic E-state index is 0.181. The highest BCUT2D eigenvalue weighted by atomic mass is 16.5. The molecule has 21 heavy (non-hydrogen) atoms. The number of hydrogen-bond donors (Lipinski definition) is 1. The van der Waals surface area contributed by atoms with Crippen LogP contribution < -0.4 is 5.32 Å². The van der Waals surface area contributed by atoms with Crippen LogP contribution in [-0.4, -0.2) is 25.2 Å². The molecule has 0 bridgehead atoms. The molecule has 0 aliphatic heterocycles. The number of esters is 1. The molecule has 0 atom stereocenters. The maximum absolute atomic E-state index is 11.3. The number of carbonyl (C=O) groups is 1. The number of benzene rings is 1. The lowest BCUT2D eigenvalue weighted by molar-refractivity contribution is -0.141. The Kier molecular flexibility index (Phi) is 10.5. The third-order valence-corrected chi connectivity index (χ3v) is 2.32. The van der Waals surface area contributed by atoms with Crippen molar-refractivity contribution in [1.29, 1.82) is 5.26 Å². The maximum Gasteiger partial charge on any atom is 0.332 e. The summed E-state index contributed by atoms with van der Waals surface area (Å²) in [4.78, 5) is 11.3. The predicted octanol–water partition coefficient (Wildman–Crippen LogP) is 3.16. The topological polar surface area (TPSA) is 62.1 Å². The second kappa shape index (κ2) is 11.7. The van der Waals surface area contributed by atoms with Crippen LogP contribution in [0, 0.1) is 11.3 Å². The van der Waals surface area contributed by atoms with Gasteiger partial charge in [0.1, 0.15) is 6.07 Å². The molecule has 1 rings (SSSR count). The molecule has 0 heterocycles. The van der Waals surface area contributed by atoms with Crippen molar-refractivity contribution >= 4 is 11.5 Å². The summed E-state index contributed by atoms with van der Waals surface area (Å²) < 4.78 is 4.94. The molecule has 0 saturated heterocycles. The Morgan fingerprint density at radius 2 is 1.86 bits per heavy atom. The lowest BCUT2D eigenvalue weighted by Gasteiger charge is -2.05. The largest absolute Gasteiger partial charge is 0.460 e. The number of nitriles is 1. The molecule has 0 unspecified atom stereocenters. The highest BCUT2D eigenvalue weighted by molar-refractivity contribution is 5.95. The lowest BCUT2D eigenvalue weighted by Crippen LogP contribution is -2.09. The molecule has 0 aliphatic carbocycles. The van der Waals surface area contributed by atoms with Gasteiger partial charge in [0, 0.05) is 6.08 Å². The van der Waals surface area contributed by atoms with E-state index in [0.29, 0.717) is 11.1 Å². The van der Waals surface area contributed by atoms with Gasteiger partial charge >= 0.3 is 5.97 Å². The third kappa shape index (κ3) is 9.42. The number of hydrogen-bond acceptors (Lipinski definition) is 4. The maximum atomic E-state index is 11.3. The number of nitrogens with one attached hydrogen (secondary N) is 1. The van der Waals surface area contributed by atoms with Gasteiger partial charge in [0.2, 0.25) is 0 Å². The molecule has 4 heteroatoms. The zero-order chi connectivity index (χ0) is 16.1. The molecule has 1 aromatic rings. The van der Waals surface area contributed by atoms with Crippen LogP contribution in [0.15, 0.2) is 36.4 Å². The van der Waals surface area contributed by atoms with Crippen molar-refractivity contribution in [3.8, 4) is 6.07 Å². The van der Waals surface area contributed by atoms with E-state index >= 15 is 0 Å². The van der Waals surface area contributed by atoms with Gasteiger partial charge in [-0.2, -0.15) is 5.26 Å². The van der Waals surface area contributed by atoms with Crippen molar-refractivity contribution < 1.29 is 9.53 Å². The number of ether oxygens (including phenoxy) is 1. The second-order valence-corrected chi connectivity index (χ2v) is 4.48. The second-order valence-electron chi connectivity index (χ2n) is 4.48. The first-order chi connectivity index (χ1) is 10.0. The molecular weight excluding hydrogens is 264 g/mol. The molecular formula is C17H24N2O2. The molecule has 0 fully saturated rings. The van der Waals surface area contributed by atoms with Crippen LogP contribution in [0.5, 0.6) is 0 Å². The van der Waals surface area contributed by atoms with Crippen LogP contribution in [0.1, 0.15) is 33.3 Å². The number of nitrogens with zero attached hydrogens (tertiary/aromatic N) is 1. The Morgan fingerprint density at radius 1 is 1.29 bits per heavy atom. The molecule has 1 N–H and O–H groups in total. The van der Waals surface area contributed by atoms with E-state index < -0.39 is 5.97 Å². The summed E-state index contributed by atoms with van der Waals surface area (Å²) in [5.74, 6) is -0.490. The highest BCUT2D eigenvalue weighted by Gasteiger charge is 2.06. The van der Waals surface area contributed by atoms with E-state index in [1.807, 2.05) is 24.3 Å². The van der Waals surface area contributed by atoms with Gasteiger partial charge in [-0.3, -0.25) is 0 Å². The lowest BCUT2D eigenvalue weighted by atomic mass is 10.1. The van der Waals surface area contributed by atoms with E-state index in [2.05, 4.69) is 19.2 Å². The monoisotopic (exact) mass is 288 g/mol. The Morgan fingerprint density at radius 3 is 2.24 bits per heavy atom. The molecule has 0 spiro atoms. The third-order valence-electron chi connectivity index (χ3n) is 2.32. The fraction of sp³-hybridized carbons (Fsp3) is 0.412. The Bertz CT molecular complexity index is 471. The SMILES string of the molecule is CC(C)OC(=O)C=C(C#N)c1ccccc1.CCNCC. The van der Waals surface area contributed by atoms with Crippen molar-refractivity contribution in [2.75, 3.05) is 13.1 Å². The molecule has 114 valence electrons. The van der Waals surface area contributed by atoms with Gasteiger partial charge in [-0.25, -0.2) is 4.79 Å². The van der Waals surface area contributed by atoms with Crippen LogP contribution >= 0.6 is 0 Å². The summed E-state index contributed by atoms with van der Waals surface area (Å²) in [7, 11) is 0. The summed E-state index contributed by atoms with van der Waals surface area (Å²) in [5.41, 5.74) is 1.02. The quantitative estimate of drug-likeness (QED) is 0.513. The van der Waals surface area contributed by atoms with E-state index in [4.69, 9.17) is 10.00 Å². The van der Waals surface area contributed by atoms with Crippen molar-refractivity contribution in [3.05, 3.63) is 42.0 Å². The van der Waals surface area contributed by atoms with Gasteiger partial charge in [-0.05, 0) is 32.5 Å². The molecule has 0 aromatic heterocycles. The van der Waals surface area contributed by atoms with E-state index in [1.165, 1.54) is 6.08 Å². The molecule has 0 saturated carbocycles. The average molecular weight is 288 g/mol. The van der Waals surface area contributed by atoms with Gasteiger partial charge in [0.25, 0.3) is 0 Å². The highest BCUT2D eigenvalue weighted by Crippen LogP contribution is 2.12. The average Bonchev–Trinajstić information content (AvgIpc) is 2.46. The van der Waals surface area contributed by atoms with E-state index in [1.54, 1.807) is 26.0 Å². The minimum Gasteiger partial charge on any atom is -0.460 e. The van der Waals surface area contributed by atoms with Crippen LogP contribution in [0.4, 0.5) is 0 Å². The predicted molar refractivity (Wildman–Crippen MR) is 85.5 cm³/mol. The summed E-state index contributed by atoms with van der Waals surface area (Å²) in [5, 5.41) is 12.0. The van der Waals surface area contributed by atoms with E-state index in [9.17, 15) is 4.79 Å². The van der Waals surface area contributed by atoms with Crippen molar-refractivity contribution in [2.45, 2.75) is 33.8 Å². The van der Waals surface area contributed by atoms with Crippen LogP contribution in [0.2, 0.25) is 0 Å². The normalized spacial score (nSPS) is 10.4. The molecule has 4 nitrogen and oxygen atoms in total. The summed E-state index contributed by atoms with van der Waals surface area (Å²) >= 11 is 0. The minimum atomic E-state index is -0.490. The van der Waals surface area contributed by atoms with E-state index in [0.717, 1.165) is 13.1 Å². The van der Waals surface area contributed by atoms with Crippen LogP contribution in [0.3, 0.4) is 0 Å². The molecule has 1 aromatic carbocycles. The zero-order valence-electron chi connectivity index (χ0n) is 13.2. The number of carbonyl (C=O) groups excluding carboxylic acids is 1. The van der Waals surface area contributed by atoms with Gasteiger partial charge < -0.3 is 10.1 Å². The molecule has 0 aliphatic rings. The number of rotatable bonds is 5. The fourth-order valence-electron chi connectivity index (χ4n) is 1.43. The van der Waals surface area contributed by atoms with Crippen LogP contribution in [-0.2, 0) is 9.53 Å². The van der Waals surface area contributed by atoms with Crippen LogP contribution in [0.25, 0.3) is 5.57 Å². The molecule has 0 amide bonds. The van der Waals surface area contributed by atoms with Gasteiger partial charge in [0.15, 0.2) is 0 Å². The van der Waals surface area contributed by atoms with Gasteiger partial charge in [-0.1, -0.05) is 44.2 Å². The summed E-state index contributed by atoms with van der Waals surface area (Å²) in [6.07, 6.45) is 1.04. The first kappa shape index (κ1) is 18.9. The first-order valence-corrected chi connectivity index (χ1v) is 7.13. The van der Waals surface area contributed by atoms with E-state index in [-0.39, 0.29) is 6.10 Å². The summed E-state index contributed by atoms with van der Waals surface area (Å²) in [6.45, 7) is 9.92. The van der Waals surface area contributed by atoms with Crippen molar-refractivity contribution in [3.63, 3.8) is 0 Å². The van der Waals surface area contributed by atoms with Gasteiger partial charge in [0.05, 0.1) is 11.7 Å². The first-order valence-electron chi connectivity index (χ1n) is 7.13. The number of allylic oxidation sites excluding steroid dienone is 1. The fourth-order valence-corrected chi connectivity index (χ4v) is 1.43. The molecule has 0 radical (unpaired) electrons. The standard InChI is InChI=1S/C13H13NO2.C4H11N/c1-10(2)16-13(15)8-12(9-14)11-6-4-3-5-7-11;1-3-5-4-2/h3-8,10H,1-2H3;5H,3-4H2,1-2H3. The Labute approximate surface area is 127 Å².